The van der Waals surface area contributed by atoms with Crippen molar-refractivity contribution in [1.29, 1.82) is 0 Å². The Bertz CT molecular complexity index is 364. The number of unbranched alkanes of at least 4 members (excludes halogenated alkanes) is 1. The summed E-state index contributed by atoms with van der Waals surface area (Å²) in [6.45, 7) is 4.53. The average molecular weight is 223 g/mol. The first-order valence-corrected chi connectivity index (χ1v) is 5.37. The van der Waals surface area contributed by atoms with Crippen molar-refractivity contribution in [3.8, 4) is 11.5 Å². The second-order valence-electron chi connectivity index (χ2n) is 3.58. The molecule has 0 aliphatic rings. The fourth-order valence-corrected chi connectivity index (χ4v) is 1.35. The van der Waals surface area contributed by atoms with E-state index in [2.05, 4.69) is 12.1 Å². The molecule has 0 atom stereocenters. The van der Waals surface area contributed by atoms with Crippen LogP contribution in [0.4, 0.5) is 5.69 Å². The number of aryl methyl sites for hydroxylation is 1. The van der Waals surface area contributed by atoms with Crippen molar-refractivity contribution in [3.63, 3.8) is 0 Å². The Kier molecular flexibility index (Phi) is 4.76. The summed E-state index contributed by atoms with van der Waals surface area (Å²) in [4.78, 5) is 10.6. The monoisotopic (exact) mass is 223 g/mol. The number of rotatable bonds is 6. The molecule has 0 saturated heterocycles. The van der Waals surface area contributed by atoms with Gasteiger partial charge >= 0.3 is 0 Å². The molecule has 0 bridgehead atoms. The predicted molar refractivity (Wildman–Crippen MR) is 63.6 cm³/mol. The highest BCUT2D eigenvalue weighted by Crippen LogP contribution is 2.34. The predicted octanol–water partition coefficient (Wildman–Crippen LogP) is 3.58. The summed E-state index contributed by atoms with van der Waals surface area (Å²) in [5, 5.41) is 2.95. The molecule has 1 aromatic rings. The van der Waals surface area contributed by atoms with E-state index in [1.54, 1.807) is 19.2 Å². The molecule has 0 aromatic heterocycles. The number of hydrogen-bond donors (Lipinski definition) is 0. The Labute approximate surface area is 95.5 Å². The fourth-order valence-electron chi connectivity index (χ4n) is 1.35. The Balaban J connectivity index is 2.91. The Morgan fingerprint density at radius 1 is 1.31 bits per heavy atom. The van der Waals surface area contributed by atoms with Crippen molar-refractivity contribution in [2.24, 2.45) is 5.18 Å². The lowest BCUT2D eigenvalue weighted by Crippen LogP contribution is -1.99. The highest BCUT2D eigenvalue weighted by Gasteiger charge is 2.09. The van der Waals surface area contributed by atoms with Gasteiger partial charge in [-0.2, -0.15) is 0 Å². The molecule has 0 amide bonds. The van der Waals surface area contributed by atoms with Gasteiger partial charge in [0.15, 0.2) is 11.5 Å². The van der Waals surface area contributed by atoms with Gasteiger partial charge in [0.25, 0.3) is 0 Å². The van der Waals surface area contributed by atoms with Gasteiger partial charge in [0.05, 0.1) is 13.7 Å². The minimum absolute atomic E-state index is 0.396. The summed E-state index contributed by atoms with van der Waals surface area (Å²) in [6.07, 6.45) is 2.04. The van der Waals surface area contributed by atoms with Gasteiger partial charge in [0.2, 0.25) is 0 Å². The Morgan fingerprint density at radius 3 is 2.62 bits per heavy atom. The molecule has 88 valence electrons. The minimum atomic E-state index is 0.396. The van der Waals surface area contributed by atoms with Gasteiger partial charge in [-0.25, -0.2) is 0 Å². The third kappa shape index (κ3) is 2.95. The van der Waals surface area contributed by atoms with Crippen LogP contribution in [0, 0.1) is 11.8 Å². The van der Waals surface area contributed by atoms with Crippen LogP contribution < -0.4 is 9.47 Å². The fraction of sp³-hybridized carbons (Fsp3) is 0.500. The van der Waals surface area contributed by atoms with Crippen LogP contribution in [0.15, 0.2) is 17.3 Å². The van der Waals surface area contributed by atoms with Crippen molar-refractivity contribution in [2.75, 3.05) is 13.7 Å². The number of nitroso groups, excluding NO2 is 1. The molecule has 1 aromatic carbocycles. The SMILES string of the molecule is CCCCOc1cc(N=O)c(C)cc1OC. The number of nitrogens with zero attached hydrogens (tertiary/aromatic N) is 1. The first-order chi connectivity index (χ1) is 7.72. The maximum Gasteiger partial charge on any atom is 0.163 e. The highest BCUT2D eigenvalue weighted by molar-refractivity contribution is 5.56. The summed E-state index contributed by atoms with van der Waals surface area (Å²) in [5.41, 5.74) is 1.18. The molecule has 0 saturated carbocycles. The van der Waals surface area contributed by atoms with Crippen LogP contribution in [0.1, 0.15) is 25.3 Å². The first kappa shape index (κ1) is 12.5. The van der Waals surface area contributed by atoms with Crippen LogP contribution in [-0.4, -0.2) is 13.7 Å². The molecule has 0 radical (unpaired) electrons. The van der Waals surface area contributed by atoms with Crippen LogP contribution >= 0.6 is 0 Å². The Hall–Kier alpha value is -1.58. The van der Waals surface area contributed by atoms with E-state index in [-0.39, 0.29) is 0 Å². The lowest BCUT2D eigenvalue weighted by atomic mass is 10.2. The lowest BCUT2D eigenvalue weighted by Gasteiger charge is -2.11. The van der Waals surface area contributed by atoms with E-state index < -0.39 is 0 Å². The van der Waals surface area contributed by atoms with Crippen molar-refractivity contribution >= 4 is 5.69 Å². The van der Waals surface area contributed by atoms with E-state index >= 15 is 0 Å². The highest BCUT2D eigenvalue weighted by atomic mass is 16.5. The Morgan fingerprint density at radius 2 is 2.06 bits per heavy atom. The number of methoxy groups -OCH3 is 1. The van der Waals surface area contributed by atoms with Crippen LogP contribution in [0.2, 0.25) is 0 Å². The van der Waals surface area contributed by atoms with Gasteiger partial charge in [-0.3, -0.25) is 0 Å². The minimum Gasteiger partial charge on any atom is -0.493 e. The van der Waals surface area contributed by atoms with E-state index in [4.69, 9.17) is 9.47 Å². The second kappa shape index (κ2) is 6.10. The van der Waals surface area contributed by atoms with Crippen molar-refractivity contribution in [3.05, 3.63) is 22.6 Å². The van der Waals surface area contributed by atoms with Crippen LogP contribution in [0.5, 0.6) is 11.5 Å². The molecule has 0 aliphatic heterocycles. The molecule has 4 nitrogen and oxygen atoms in total. The number of ether oxygens (including phenoxy) is 2. The lowest BCUT2D eigenvalue weighted by molar-refractivity contribution is 0.288. The smallest absolute Gasteiger partial charge is 0.163 e. The van der Waals surface area contributed by atoms with Crippen LogP contribution in [-0.2, 0) is 0 Å². The van der Waals surface area contributed by atoms with Crippen molar-refractivity contribution < 1.29 is 9.47 Å². The first-order valence-electron chi connectivity index (χ1n) is 5.37. The zero-order chi connectivity index (χ0) is 12.0. The summed E-state index contributed by atoms with van der Waals surface area (Å²) >= 11 is 0. The zero-order valence-corrected chi connectivity index (χ0v) is 9.95. The second-order valence-corrected chi connectivity index (χ2v) is 3.58. The average Bonchev–Trinajstić information content (AvgIpc) is 2.30. The van der Waals surface area contributed by atoms with Gasteiger partial charge in [-0.1, -0.05) is 13.3 Å². The van der Waals surface area contributed by atoms with Crippen molar-refractivity contribution in [1.82, 2.24) is 0 Å². The van der Waals surface area contributed by atoms with Gasteiger partial charge in [0, 0.05) is 6.07 Å². The largest absolute Gasteiger partial charge is 0.493 e. The summed E-state index contributed by atoms with van der Waals surface area (Å²) < 4.78 is 10.7. The maximum absolute atomic E-state index is 10.6. The number of hydrogen-bond acceptors (Lipinski definition) is 4. The molecule has 0 fully saturated rings. The zero-order valence-electron chi connectivity index (χ0n) is 9.95. The van der Waals surface area contributed by atoms with Crippen LogP contribution in [0.25, 0.3) is 0 Å². The van der Waals surface area contributed by atoms with Gasteiger partial charge in [0.1, 0.15) is 5.69 Å². The van der Waals surface area contributed by atoms with Gasteiger partial charge < -0.3 is 9.47 Å². The van der Waals surface area contributed by atoms with Crippen molar-refractivity contribution in [2.45, 2.75) is 26.7 Å². The molecule has 4 heteroatoms. The molecule has 1 rings (SSSR count). The van der Waals surface area contributed by atoms with Crippen LogP contribution in [0.3, 0.4) is 0 Å². The molecule has 0 unspecified atom stereocenters. The molecule has 0 heterocycles. The number of benzene rings is 1. The molecule has 0 N–H and O–H groups in total. The maximum atomic E-state index is 10.6. The van der Waals surface area contributed by atoms with E-state index in [1.807, 2.05) is 6.92 Å². The molecule has 16 heavy (non-hydrogen) atoms. The molecule has 0 spiro atoms. The van der Waals surface area contributed by atoms with E-state index in [0.717, 1.165) is 18.4 Å². The third-order valence-corrected chi connectivity index (χ3v) is 2.34. The van der Waals surface area contributed by atoms with E-state index in [1.165, 1.54) is 0 Å². The van der Waals surface area contributed by atoms with Gasteiger partial charge in [-0.05, 0) is 30.2 Å². The summed E-state index contributed by atoms with van der Waals surface area (Å²) in [6, 6.07) is 3.38. The quantitative estimate of drug-likeness (QED) is 0.547. The topological polar surface area (TPSA) is 47.9 Å². The molecule has 0 aliphatic carbocycles. The molecular weight excluding hydrogens is 206 g/mol. The summed E-state index contributed by atoms with van der Waals surface area (Å²) in [7, 11) is 1.58. The normalized spacial score (nSPS) is 9.94. The summed E-state index contributed by atoms with van der Waals surface area (Å²) in [5.74, 6) is 1.22. The van der Waals surface area contributed by atoms with E-state index in [9.17, 15) is 4.91 Å². The standard InChI is InChI=1S/C12H17NO3/c1-4-5-6-16-12-8-10(13-14)9(2)7-11(12)15-3/h7-8H,4-6H2,1-3H3. The molecular formula is C12H17NO3. The van der Waals surface area contributed by atoms with Gasteiger partial charge in [-0.15, -0.1) is 4.91 Å². The third-order valence-electron chi connectivity index (χ3n) is 2.34. The van der Waals surface area contributed by atoms with E-state index in [0.29, 0.717) is 23.8 Å².